The normalized spacial score (nSPS) is 11.9. The Hall–Kier alpha value is -0.940. The van der Waals surface area contributed by atoms with Crippen molar-refractivity contribution >= 4 is 27.5 Å². The molecule has 1 aromatic heterocycles. The smallest absolute Gasteiger partial charge is 0.167 e. The molecule has 1 aromatic carbocycles. The minimum absolute atomic E-state index is 0.236. The van der Waals surface area contributed by atoms with Crippen molar-refractivity contribution in [3.63, 3.8) is 0 Å². The molecule has 19 heavy (non-hydrogen) atoms. The van der Waals surface area contributed by atoms with Gasteiger partial charge < -0.3 is 4.57 Å². The van der Waals surface area contributed by atoms with Crippen LogP contribution in [0.15, 0.2) is 22.7 Å². The first kappa shape index (κ1) is 14.5. The fraction of sp³-hybridized carbons (Fsp3) is 0.385. The van der Waals surface area contributed by atoms with E-state index in [9.17, 15) is 4.39 Å². The van der Waals surface area contributed by atoms with Gasteiger partial charge in [0.1, 0.15) is 11.6 Å². The van der Waals surface area contributed by atoms with Gasteiger partial charge in [-0.05, 0) is 39.0 Å². The van der Waals surface area contributed by atoms with Gasteiger partial charge in [-0.15, -0.1) is 21.8 Å². The largest absolute Gasteiger partial charge is 0.305 e. The summed E-state index contributed by atoms with van der Waals surface area (Å²) in [5.41, 5.74) is 0.130. The first-order valence-electron chi connectivity index (χ1n) is 5.80. The van der Waals surface area contributed by atoms with Crippen LogP contribution in [0.2, 0.25) is 0 Å². The second-order valence-corrected chi connectivity index (χ2v) is 6.39. The molecule has 1 heterocycles. The fourth-order valence-electron chi connectivity index (χ4n) is 1.95. The molecule has 0 amide bonds. The Morgan fingerprint density at radius 3 is 2.58 bits per heavy atom. The molecule has 6 heteroatoms. The van der Waals surface area contributed by atoms with Gasteiger partial charge >= 0.3 is 0 Å². The van der Waals surface area contributed by atoms with Crippen molar-refractivity contribution in [1.29, 1.82) is 0 Å². The molecule has 3 nitrogen and oxygen atoms in total. The number of hydrogen-bond donors (Lipinski definition) is 0. The lowest BCUT2D eigenvalue weighted by atomic mass is 10.1. The second kappa shape index (κ2) is 5.21. The van der Waals surface area contributed by atoms with E-state index < -0.39 is 0 Å². The van der Waals surface area contributed by atoms with Gasteiger partial charge in [-0.1, -0.05) is 15.9 Å². The number of benzene rings is 1. The zero-order valence-electron chi connectivity index (χ0n) is 10.9. The van der Waals surface area contributed by atoms with Crippen molar-refractivity contribution in [1.82, 2.24) is 14.8 Å². The van der Waals surface area contributed by atoms with Crippen LogP contribution in [0, 0.1) is 5.82 Å². The van der Waals surface area contributed by atoms with Crippen molar-refractivity contribution in [2.24, 2.45) is 0 Å². The highest BCUT2D eigenvalue weighted by Gasteiger charge is 2.25. The van der Waals surface area contributed by atoms with Gasteiger partial charge in [-0.25, -0.2) is 4.39 Å². The zero-order valence-corrected chi connectivity index (χ0v) is 13.3. The van der Waals surface area contributed by atoms with Crippen LogP contribution < -0.4 is 0 Å². The van der Waals surface area contributed by atoms with E-state index in [1.807, 2.05) is 25.3 Å². The predicted octanol–water partition coefficient (Wildman–Crippen LogP) is 4.34. The Morgan fingerprint density at radius 2 is 2.00 bits per heavy atom. The van der Waals surface area contributed by atoms with E-state index in [4.69, 9.17) is 11.6 Å². The highest BCUT2D eigenvalue weighted by Crippen LogP contribution is 2.30. The number of rotatable bonds is 2. The topological polar surface area (TPSA) is 30.7 Å². The highest BCUT2D eigenvalue weighted by atomic mass is 79.9. The summed E-state index contributed by atoms with van der Waals surface area (Å²) < 4.78 is 16.7. The molecule has 0 radical (unpaired) electrons. The van der Waals surface area contributed by atoms with Crippen molar-refractivity contribution in [2.45, 2.75) is 32.2 Å². The second-order valence-electron chi connectivity index (χ2n) is 5.20. The Kier molecular flexibility index (Phi) is 3.97. The summed E-state index contributed by atoms with van der Waals surface area (Å²) in [5.74, 6) is 1.02. The average molecular weight is 347 g/mol. The lowest BCUT2D eigenvalue weighted by Crippen LogP contribution is -2.25. The van der Waals surface area contributed by atoms with E-state index in [0.717, 1.165) is 4.47 Å². The molecule has 0 N–H and O–H groups in total. The number of nitrogens with zero attached hydrogens (tertiary/aromatic N) is 3. The predicted molar refractivity (Wildman–Crippen MR) is 77.7 cm³/mol. The Morgan fingerprint density at radius 1 is 1.32 bits per heavy atom. The molecule has 2 aromatic rings. The minimum Gasteiger partial charge on any atom is -0.305 e. The highest BCUT2D eigenvalue weighted by molar-refractivity contribution is 9.10. The third-order valence-corrected chi connectivity index (χ3v) is 3.42. The van der Waals surface area contributed by atoms with Gasteiger partial charge in [0, 0.05) is 10.0 Å². The summed E-state index contributed by atoms with van der Waals surface area (Å²) in [5, 5.41) is 8.14. The Balaban J connectivity index is 2.69. The van der Waals surface area contributed by atoms with E-state index in [-0.39, 0.29) is 17.2 Å². The maximum absolute atomic E-state index is 14.0. The van der Waals surface area contributed by atoms with Gasteiger partial charge in [-0.2, -0.15) is 0 Å². The maximum atomic E-state index is 14.0. The first-order valence-corrected chi connectivity index (χ1v) is 7.13. The quantitative estimate of drug-likeness (QED) is 0.757. The van der Waals surface area contributed by atoms with Crippen LogP contribution >= 0.6 is 27.5 Å². The summed E-state index contributed by atoms with van der Waals surface area (Å²) >= 11 is 9.23. The molecular weight excluding hydrogens is 333 g/mol. The molecule has 0 aliphatic rings. The Labute approximate surface area is 124 Å². The van der Waals surface area contributed by atoms with Crippen LogP contribution in [0.1, 0.15) is 26.6 Å². The van der Waals surface area contributed by atoms with E-state index in [1.54, 1.807) is 12.1 Å². The van der Waals surface area contributed by atoms with E-state index in [2.05, 4.69) is 26.1 Å². The summed E-state index contributed by atoms with van der Waals surface area (Å²) in [4.78, 5) is 0. The standard InChI is InChI=1S/C13H14BrClFN3/c1-13(2,3)19-11(7-15)17-18-12(19)9-6-8(14)4-5-10(9)16/h4-6H,7H2,1-3H3. The van der Waals surface area contributed by atoms with Gasteiger partial charge in [0.2, 0.25) is 0 Å². The first-order chi connectivity index (χ1) is 8.84. The molecular formula is C13H14BrClFN3. The van der Waals surface area contributed by atoms with Crippen LogP contribution in [-0.4, -0.2) is 14.8 Å². The van der Waals surface area contributed by atoms with Gasteiger partial charge in [-0.3, -0.25) is 0 Å². The van der Waals surface area contributed by atoms with Crippen molar-refractivity contribution in [2.75, 3.05) is 0 Å². The Bertz CT molecular complexity index is 604. The number of alkyl halides is 1. The molecule has 102 valence electrons. The lowest BCUT2D eigenvalue weighted by Gasteiger charge is -2.24. The number of halogens is 3. The van der Waals surface area contributed by atoms with Gasteiger partial charge in [0.25, 0.3) is 0 Å². The van der Waals surface area contributed by atoms with Gasteiger partial charge in [0.15, 0.2) is 5.82 Å². The molecule has 0 atom stereocenters. The zero-order chi connectivity index (χ0) is 14.2. The van der Waals surface area contributed by atoms with Crippen LogP contribution in [-0.2, 0) is 11.4 Å². The van der Waals surface area contributed by atoms with Crippen LogP contribution in [0.5, 0.6) is 0 Å². The van der Waals surface area contributed by atoms with Crippen molar-refractivity contribution in [3.8, 4) is 11.4 Å². The lowest BCUT2D eigenvalue weighted by molar-refractivity contribution is 0.389. The summed E-state index contributed by atoms with van der Waals surface area (Å²) in [6.45, 7) is 6.02. The van der Waals surface area contributed by atoms with Crippen molar-refractivity contribution < 1.29 is 4.39 Å². The van der Waals surface area contributed by atoms with Crippen molar-refractivity contribution in [3.05, 3.63) is 34.3 Å². The molecule has 2 rings (SSSR count). The summed E-state index contributed by atoms with van der Waals surface area (Å²) in [7, 11) is 0. The van der Waals surface area contributed by atoms with E-state index >= 15 is 0 Å². The molecule has 0 aliphatic carbocycles. The van der Waals surface area contributed by atoms with Crippen LogP contribution in [0.4, 0.5) is 4.39 Å². The monoisotopic (exact) mass is 345 g/mol. The average Bonchev–Trinajstić information content (AvgIpc) is 2.75. The third-order valence-electron chi connectivity index (χ3n) is 2.69. The maximum Gasteiger partial charge on any atom is 0.167 e. The third kappa shape index (κ3) is 2.82. The molecule has 0 unspecified atom stereocenters. The van der Waals surface area contributed by atoms with E-state index in [1.165, 1.54) is 6.07 Å². The molecule has 0 spiro atoms. The molecule has 0 bridgehead atoms. The minimum atomic E-state index is -0.331. The van der Waals surface area contributed by atoms with Crippen LogP contribution in [0.25, 0.3) is 11.4 Å². The number of aromatic nitrogens is 3. The van der Waals surface area contributed by atoms with Crippen LogP contribution in [0.3, 0.4) is 0 Å². The molecule has 0 aliphatic heterocycles. The summed E-state index contributed by atoms with van der Waals surface area (Å²) in [6.07, 6.45) is 0. The molecule has 0 saturated heterocycles. The van der Waals surface area contributed by atoms with E-state index in [0.29, 0.717) is 17.2 Å². The fourth-order valence-corrected chi connectivity index (χ4v) is 2.49. The summed E-state index contributed by atoms with van der Waals surface area (Å²) in [6, 6.07) is 4.75. The van der Waals surface area contributed by atoms with Gasteiger partial charge in [0.05, 0.1) is 11.4 Å². The number of hydrogen-bond acceptors (Lipinski definition) is 2. The SMILES string of the molecule is CC(C)(C)n1c(CCl)nnc1-c1cc(Br)ccc1F. The molecule has 0 fully saturated rings. The molecule has 0 saturated carbocycles.